The molecule has 5 fully saturated rings. The van der Waals surface area contributed by atoms with Crippen LogP contribution in [0.4, 0.5) is 0 Å². The molecule has 1 heterocycles. The predicted octanol–water partition coefficient (Wildman–Crippen LogP) is 4.76. The summed E-state index contributed by atoms with van der Waals surface area (Å²) in [6.07, 6.45) is 14.0. The van der Waals surface area contributed by atoms with Crippen LogP contribution in [0.2, 0.25) is 0 Å². The highest BCUT2D eigenvalue weighted by atomic mass is 16.6. The van der Waals surface area contributed by atoms with Gasteiger partial charge in [-0.1, -0.05) is 31.1 Å². The smallest absolute Gasteiger partial charge is 0.306 e. The van der Waals surface area contributed by atoms with Gasteiger partial charge in [0, 0.05) is 29.6 Å². The number of hydrogen-bond acceptors (Lipinski definition) is 3. The minimum Gasteiger partial charge on any atom is -0.458 e. The van der Waals surface area contributed by atoms with E-state index in [4.69, 9.17) is 4.74 Å². The van der Waals surface area contributed by atoms with Crippen LogP contribution in [0.15, 0.2) is 23.3 Å². The van der Waals surface area contributed by atoms with Crippen molar-refractivity contribution in [2.45, 2.75) is 77.2 Å². The molecule has 0 N–H and O–H groups in total. The first-order valence-corrected chi connectivity index (χ1v) is 11.5. The van der Waals surface area contributed by atoms with Crippen LogP contribution in [0.5, 0.6) is 0 Å². The lowest BCUT2D eigenvalue weighted by atomic mass is 9.47. The van der Waals surface area contributed by atoms with Gasteiger partial charge in [-0.3, -0.25) is 9.59 Å². The molecule has 0 aromatic heterocycles. The Hall–Kier alpha value is -1.38. The van der Waals surface area contributed by atoms with Crippen molar-refractivity contribution in [3.8, 4) is 0 Å². The Morgan fingerprint density at radius 2 is 1.89 bits per heavy atom. The van der Waals surface area contributed by atoms with Crippen molar-refractivity contribution in [2.75, 3.05) is 0 Å². The summed E-state index contributed by atoms with van der Waals surface area (Å²) in [7, 11) is 0. The van der Waals surface area contributed by atoms with Crippen LogP contribution in [-0.4, -0.2) is 17.4 Å². The average Bonchev–Trinajstić information content (AvgIpc) is 3.55. The molecular weight excluding hydrogens is 348 g/mol. The highest BCUT2D eigenvalue weighted by Gasteiger charge is 2.79. The third kappa shape index (κ3) is 1.60. The number of ketones is 1. The van der Waals surface area contributed by atoms with Gasteiger partial charge in [-0.2, -0.15) is 0 Å². The van der Waals surface area contributed by atoms with E-state index < -0.39 is 0 Å². The number of hydrogen-bond donors (Lipinski definition) is 0. The Morgan fingerprint density at radius 1 is 1.07 bits per heavy atom. The summed E-state index contributed by atoms with van der Waals surface area (Å²) in [5, 5.41) is 0. The standard InChI is InChI=1S/C25H30O3/c1-22-6-3-14(26)11-19(22)24(9-10-24)13-16-17(22)4-7-23(2)21(16)15-12-18(15)25(23)8-5-20(27)28-25/h4,11,15-16,18,21H,3,5-10,12-13H2,1-2H3/t15-,16?,18?,21?,22-,23+,25+/m1/s1. The van der Waals surface area contributed by atoms with Gasteiger partial charge >= 0.3 is 5.97 Å². The van der Waals surface area contributed by atoms with Crippen LogP contribution >= 0.6 is 0 Å². The Labute approximate surface area is 167 Å². The molecule has 0 aromatic carbocycles. The first-order chi connectivity index (χ1) is 13.3. The van der Waals surface area contributed by atoms with Crippen LogP contribution in [-0.2, 0) is 14.3 Å². The van der Waals surface area contributed by atoms with E-state index in [-0.39, 0.29) is 22.4 Å². The van der Waals surface area contributed by atoms with E-state index in [1.807, 2.05) is 0 Å². The van der Waals surface area contributed by atoms with Gasteiger partial charge in [0.15, 0.2) is 5.78 Å². The summed E-state index contributed by atoms with van der Waals surface area (Å²) in [6.45, 7) is 4.89. The average molecular weight is 379 g/mol. The summed E-state index contributed by atoms with van der Waals surface area (Å²) < 4.78 is 6.21. The molecule has 6 aliphatic carbocycles. The maximum absolute atomic E-state index is 12.3. The summed E-state index contributed by atoms with van der Waals surface area (Å²) in [6, 6.07) is 0. The fourth-order valence-electron chi connectivity index (χ4n) is 9.27. The van der Waals surface area contributed by atoms with Crippen LogP contribution in [0.25, 0.3) is 0 Å². The largest absolute Gasteiger partial charge is 0.458 e. The highest BCUT2D eigenvalue weighted by molar-refractivity contribution is 5.92. The number of fused-ring (bicyclic) bond motifs is 10. The van der Waals surface area contributed by atoms with Crippen LogP contribution in [0.3, 0.4) is 0 Å². The molecule has 7 atom stereocenters. The second kappa shape index (κ2) is 4.52. The molecule has 3 nitrogen and oxygen atoms in total. The molecule has 0 aromatic rings. The summed E-state index contributed by atoms with van der Waals surface area (Å²) >= 11 is 0. The Morgan fingerprint density at radius 3 is 2.61 bits per heavy atom. The molecule has 1 aliphatic heterocycles. The second-order valence-corrected chi connectivity index (χ2v) is 11.6. The van der Waals surface area contributed by atoms with Gasteiger partial charge in [0.25, 0.3) is 0 Å². The molecule has 3 heteroatoms. The quantitative estimate of drug-likeness (QED) is 0.451. The maximum atomic E-state index is 12.3. The predicted molar refractivity (Wildman–Crippen MR) is 104 cm³/mol. The number of esters is 1. The van der Waals surface area contributed by atoms with Crippen molar-refractivity contribution in [3.63, 3.8) is 0 Å². The van der Waals surface area contributed by atoms with Crippen LogP contribution in [0.1, 0.15) is 71.6 Å². The van der Waals surface area contributed by atoms with E-state index in [2.05, 4.69) is 26.0 Å². The minimum atomic E-state index is -0.183. The normalized spacial score (nSPS) is 54.4. The SMILES string of the molecule is C[C@]12CCC(=O)C=C1C1(CC1)CC1C2=CC[C@@]2(C)C1[C@@H]1CC1[C@@]21CCC(=O)O1. The molecule has 7 aliphatic rings. The van der Waals surface area contributed by atoms with Gasteiger partial charge < -0.3 is 4.74 Å². The van der Waals surface area contributed by atoms with Gasteiger partial charge in [0.1, 0.15) is 5.60 Å². The molecule has 4 saturated carbocycles. The minimum absolute atomic E-state index is 0.0348. The molecule has 0 radical (unpaired) electrons. The van der Waals surface area contributed by atoms with Gasteiger partial charge in [-0.15, -0.1) is 0 Å². The first kappa shape index (κ1) is 16.4. The Bertz CT molecular complexity index is 907. The van der Waals surface area contributed by atoms with Crippen molar-refractivity contribution in [2.24, 2.45) is 39.9 Å². The van der Waals surface area contributed by atoms with E-state index in [0.717, 1.165) is 25.2 Å². The van der Waals surface area contributed by atoms with E-state index in [1.54, 1.807) is 5.57 Å². The number of ether oxygens (including phenoxy) is 1. The molecule has 148 valence electrons. The van der Waals surface area contributed by atoms with Crippen molar-refractivity contribution < 1.29 is 14.3 Å². The molecule has 0 bridgehead atoms. The third-order valence-corrected chi connectivity index (χ3v) is 10.6. The van der Waals surface area contributed by atoms with Gasteiger partial charge in [0.2, 0.25) is 0 Å². The summed E-state index contributed by atoms with van der Waals surface area (Å²) in [4.78, 5) is 24.5. The molecular formula is C25H30O3. The fraction of sp³-hybridized carbons (Fsp3) is 0.760. The zero-order chi connectivity index (χ0) is 19.1. The van der Waals surface area contributed by atoms with Crippen molar-refractivity contribution in [1.29, 1.82) is 0 Å². The Balaban J connectivity index is 1.38. The number of rotatable bonds is 0. The third-order valence-electron chi connectivity index (χ3n) is 10.6. The van der Waals surface area contributed by atoms with Crippen molar-refractivity contribution >= 4 is 11.8 Å². The van der Waals surface area contributed by atoms with Crippen molar-refractivity contribution in [1.82, 2.24) is 0 Å². The summed E-state index contributed by atoms with van der Waals surface area (Å²) in [5.41, 5.74) is 3.46. The molecule has 2 spiro atoms. The highest BCUT2D eigenvalue weighted by Crippen LogP contribution is 2.80. The molecule has 0 amide bonds. The maximum Gasteiger partial charge on any atom is 0.306 e. The summed E-state index contributed by atoms with van der Waals surface area (Å²) in [5.74, 6) is 3.03. The first-order valence-electron chi connectivity index (χ1n) is 11.5. The van der Waals surface area contributed by atoms with Gasteiger partial charge in [0.05, 0.1) is 0 Å². The lowest BCUT2D eigenvalue weighted by molar-refractivity contribution is -0.166. The lowest BCUT2D eigenvalue weighted by Crippen LogP contribution is -2.54. The van der Waals surface area contributed by atoms with E-state index in [9.17, 15) is 9.59 Å². The van der Waals surface area contributed by atoms with Crippen molar-refractivity contribution in [3.05, 3.63) is 23.3 Å². The lowest BCUT2D eigenvalue weighted by Gasteiger charge is -2.58. The zero-order valence-corrected chi connectivity index (χ0v) is 17.1. The van der Waals surface area contributed by atoms with E-state index in [0.29, 0.717) is 41.8 Å². The number of carbonyl (C=O) groups is 2. The van der Waals surface area contributed by atoms with E-state index in [1.165, 1.54) is 31.3 Å². The van der Waals surface area contributed by atoms with Gasteiger partial charge in [-0.25, -0.2) is 0 Å². The topological polar surface area (TPSA) is 43.4 Å². The fourth-order valence-corrected chi connectivity index (χ4v) is 9.27. The number of carbonyl (C=O) groups excluding carboxylic acids is 2. The Kier molecular flexibility index (Phi) is 2.65. The molecule has 3 unspecified atom stereocenters. The molecule has 28 heavy (non-hydrogen) atoms. The van der Waals surface area contributed by atoms with Crippen LogP contribution < -0.4 is 0 Å². The van der Waals surface area contributed by atoms with Crippen LogP contribution in [0, 0.1) is 39.9 Å². The molecule has 7 rings (SSSR count). The monoisotopic (exact) mass is 378 g/mol. The zero-order valence-electron chi connectivity index (χ0n) is 17.1. The van der Waals surface area contributed by atoms with Gasteiger partial charge in [-0.05, 0) is 74.2 Å². The van der Waals surface area contributed by atoms with E-state index >= 15 is 0 Å². The number of allylic oxidation sites excluding steroid dienone is 4. The second-order valence-electron chi connectivity index (χ2n) is 11.6. The molecule has 1 saturated heterocycles.